The molecule has 0 bridgehead atoms. The van der Waals surface area contributed by atoms with Gasteiger partial charge in [0.05, 0.1) is 30.0 Å². The average Bonchev–Trinajstić information content (AvgIpc) is 3.23. The fraction of sp³-hybridized carbons (Fsp3) is 0.222. The summed E-state index contributed by atoms with van der Waals surface area (Å²) in [7, 11) is 0. The largest absolute Gasteiger partial charge is 2.00 e. The molecule has 0 aliphatic heterocycles. The second-order valence-electron chi connectivity index (χ2n) is 8.18. The van der Waals surface area contributed by atoms with E-state index in [0.717, 1.165) is 33.9 Å². The van der Waals surface area contributed by atoms with Gasteiger partial charge in [0, 0.05) is 35.6 Å². The molecule has 0 amide bonds. The Labute approximate surface area is 237 Å². The summed E-state index contributed by atoms with van der Waals surface area (Å²) in [6.45, 7) is 0.438. The summed E-state index contributed by atoms with van der Waals surface area (Å²) in [5.74, 6) is -0.321. The zero-order chi connectivity index (χ0) is 23.9. The van der Waals surface area contributed by atoms with Crippen molar-refractivity contribution in [3.63, 3.8) is 0 Å². The average molecular weight is 500 g/mol. The number of imidazole rings is 1. The quantitative estimate of drug-likeness (QED) is 0.284. The van der Waals surface area contributed by atoms with Crippen molar-refractivity contribution in [3.8, 4) is 33.9 Å². The number of carboxylic acids is 1. The van der Waals surface area contributed by atoms with E-state index in [2.05, 4.69) is 9.55 Å². The van der Waals surface area contributed by atoms with E-state index in [1.54, 1.807) is 12.4 Å². The predicted molar refractivity (Wildman–Crippen MR) is 138 cm³/mol. The van der Waals surface area contributed by atoms with E-state index in [1.807, 2.05) is 72.8 Å². The molecule has 0 aliphatic carbocycles. The Morgan fingerprint density at radius 1 is 0.857 bits per heavy atom. The molecule has 0 saturated heterocycles. The second kappa shape index (κ2) is 13.0. The zero-order valence-electron chi connectivity index (χ0n) is 21.4. The summed E-state index contributed by atoms with van der Waals surface area (Å²) in [6.07, 6.45) is 1.47. The Bertz CT molecular complexity index is 1230. The molecule has 8 heteroatoms. The van der Waals surface area contributed by atoms with Gasteiger partial charge in [-0.15, -0.1) is 0 Å². The van der Waals surface area contributed by atoms with Crippen molar-refractivity contribution >= 4 is 43.7 Å². The molecule has 178 valence electrons. The standard InChI is InChI=1S/C27H27N3O4.Ca.2H/c31-22(17-23(32)18-24(33)34)13-16-30-26(20-7-3-1-4-8-20)25(19-11-14-28-15-12-19)29-27(30)21-9-5-2-6-10-21;;;/h1-12,14-15,22-23,31-32H,13,16-18H2,(H,33,34);;;/q;+2;2*-1/t22-,23-;;;/m1.../s1. The molecule has 2 aromatic heterocycles. The van der Waals surface area contributed by atoms with Gasteiger partial charge in [-0.2, -0.15) is 0 Å². The maximum Gasteiger partial charge on any atom is 2.00 e. The molecule has 4 rings (SSSR count). The molecule has 2 atom stereocenters. The third kappa shape index (κ3) is 6.99. The van der Waals surface area contributed by atoms with Crippen molar-refractivity contribution in [3.05, 3.63) is 85.2 Å². The molecule has 0 unspecified atom stereocenters. The molecule has 0 aliphatic rings. The van der Waals surface area contributed by atoms with Crippen LogP contribution in [-0.2, 0) is 11.3 Å². The van der Waals surface area contributed by atoms with Gasteiger partial charge < -0.3 is 22.7 Å². The maximum absolute atomic E-state index is 10.9. The number of benzene rings is 2. The van der Waals surface area contributed by atoms with Gasteiger partial charge in [-0.25, -0.2) is 4.98 Å². The monoisotopic (exact) mass is 499 g/mol. The normalized spacial score (nSPS) is 12.5. The Kier molecular flexibility index (Phi) is 10.0. The van der Waals surface area contributed by atoms with E-state index < -0.39 is 24.6 Å². The number of carbonyl (C=O) groups is 1. The van der Waals surface area contributed by atoms with Gasteiger partial charge in [0.2, 0.25) is 0 Å². The van der Waals surface area contributed by atoms with Gasteiger partial charge in [0.25, 0.3) is 0 Å². The third-order valence-corrected chi connectivity index (χ3v) is 5.64. The maximum atomic E-state index is 10.9. The molecule has 0 fully saturated rings. The number of aliphatic hydroxyl groups is 2. The Morgan fingerprint density at radius 3 is 2.06 bits per heavy atom. The van der Waals surface area contributed by atoms with Crippen molar-refractivity contribution in [2.45, 2.75) is 38.0 Å². The molecule has 3 N–H and O–H groups in total. The van der Waals surface area contributed by atoms with Crippen LogP contribution in [0, 0.1) is 0 Å². The first-order valence-corrected chi connectivity index (χ1v) is 11.2. The minimum Gasteiger partial charge on any atom is -1.00 e. The molecule has 2 heterocycles. The number of carboxylic acid groups (broad SMARTS) is 1. The number of hydrogen-bond acceptors (Lipinski definition) is 5. The smallest absolute Gasteiger partial charge is 1.00 e. The summed E-state index contributed by atoms with van der Waals surface area (Å²) in [4.78, 5) is 20.0. The van der Waals surface area contributed by atoms with Crippen LogP contribution in [-0.4, -0.2) is 85.8 Å². The van der Waals surface area contributed by atoms with Crippen LogP contribution in [0.2, 0.25) is 0 Å². The van der Waals surface area contributed by atoms with Gasteiger partial charge in [0.15, 0.2) is 0 Å². The van der Waals surface area contributed by atoms with Gasteiger partial charge in [0.1, 0.15) is 5.82 Å². The predicted octanol–water partition coefficient (Wildman–Crippen LogP) is 4.10. The van der Waals surface area contributed by atoms with Crippen LogP contribution in [0.3, 0.4) is 0 Å². The number of nitrogens with zero attached hydrogens (tertiary/aromatic N) is 3. The van der Waals surface area contributed by atoms with Gasteiger partial charge in [-0.05, 0) is 25.0 Å². The molecule has 35 heavy (non-hydrogen) atoms. The van der Waals surface area contributed by atoms with Crippen LogP contribution in [0.4, 0.5) is 0 Å². The van der Waals surface area contributed by atoms with Crippen LogP contribution >= 0.6 is 0 Å². The van der Waals surface area contributed by atoms with E-state index in [-0.39, 0.29) is 47.0 Å². The van der Waals surface area contributed by atoms with Crippen LogP contribution < -0.4 is 0 Å². The first kappa shape index (κ1) is 27.0. The van der Waals surface area contributed by atoms with Crippen molar-refractivity contribution in [1.82, 2.24) is 14.5 Å². The van der Waals surface area contributed by atoms with E-state index in [1.165, 1.54) is 0 Å². The van der Waals surface area contributed by atoms with E-state index in [0.29, 0.717) is 13.0 Å². The fourth-order valence-electron chi connectivity index (χ4n) is 4.07. The number of aliphatic hydroxyl groups excluding tert-OH is 2. The minimum atomic E-state index is -1.09. The summed E-state index contributed by atoms with van der Waals surface area (Å²) >= 11 is 0. The Morgan fingerprint density at radius 2 is 1.46 bits per heavy atom. The summed E-state index contributed by atoms with van der Waals surface area (Å²) in [5.41, 5.74) is 4.60. The molecular formula is C27H29CaN3O4. The van der Waals surface area contributed by atoms with Crippen LogP contribution in [0.1, 0.15) is 22.1 Å². The van der Waals surface area contributed by atoms with Gasteiger partial charge in [-0.1, -0.05) is 60.7 Å². The van der Waals surface area contributed by atoms with Gasteiger partial charge in [-0.3, -0.25) is 9.78 Å². The summed E-state index contributed by atoms with van der Waals surface area (Å²) in [5, 5.41) is 29.4. The molecular weight excluding hydrogens is 470 g/mol. The van der Waals surface area contributed by atoms with Crippen LogP contribution in [0.15, 0.2) is 85.2 Å². The first-order valence-electron chi connectivity index (χ1n) is 11.2. The zero-order valence-corrected chi connectivity index (χ0v) is 21.6. The van der Waals surface area contributed by atoms with Crippen molar-refractivity contribution in [1.29, 1.82) is 0 Å². The Balaban J connectivity index is 0.00000228. The van der Waals surface area contributed by atoms with E-state index in [9.17, 15) is 15.0 Å². The summed E-state index contributed by atoms with van der Waals surface area (Å²) < 4.78 is 2.09. The summed E-state index contributed by atoms with van der Waals surface area (Å²) in [6, 6.07) is 23.7. The molecule has 0 radical (unpaired) electrons. The second-order valence-corrected chi connectivity index (χ2v) is 8.18. The molecule has 2 aromatic carbocycles. The number of hydrogen-bond donors (Lipinski definition) is 3. The topological polar surface area (TPSA) is 108 Å². The fourth-order valence-corrected chi connectivity index (χ4v) is 4.07. The van der Waals surface area contributed by atoms with Crippen molar-refractivity contribution in [2.24, 2.45) is 0 Å². The molecule has 7 nitrogen and oxygen atoms in total. The SMILES string of the molecule is O=C(O)C[C@H](O)C[C@H](O)CCn1c(-c2ccccc2)nc(-c2ccncc2)c1-c1ccccc1.[Ca+2].[H-].[H-]. The molecule has 0 spiro atoms. The Hall–Kier alpha value is -2.55. The number of aromatic nitrogens is 3. The van der Waals surface area contributed by atoms with Crippen LogP contribution in [0.25, 0.3) is 33.9 Å². The van der Waals surface area contributed by atoms with Crippen molar-refractivity contribution < 1.29 is 23.0 Å². The number of pyridine rings is 1. The van der Waals surface area contributed by atoms with Crippen molar-refractivity contribution in [2.75, 3.05) is 0 Å². The minimum absolute atomic E-state index is 0. The van der Waals surface area contributed by atoms with Crippen LogP contribution in [0.5, 0.6) is 0 Å². The van der Waals surface area contributed by atoms with E-state index in [4.69, 9.17) is 10.1 Å². The first-order chi connectivity index (χ1) is 16.5. The number of rotatable bonds is 10. The molecule has 4 aromatic rings. The van der Waals surface area contributed by atoms with E-state index >= 15 is 0 Å². The van der Waals surface area contributed by atoms with Gasteiger partial charge >= 0.3 is 43.7 Å². The number of aliphatic carboxylic acids is 1. The third-order valence-electron chi connectivity index (χ3n) is 5.64. The molecule has 0 saturated carbocycles.